The van der Waals surface area contributed by atoms with Gasteiger partial charge in [-0.2, -0.15) is 0 Å². The molecule has 0 saturated carbocycles. The molecule has 1 aliphatic heterocycles. The van der Waals surface area contributed by atoms with Crippen molar-refractivity contribution in [1.82, 2.24) is 10.2 Å². The Labute approximate surface area is 120 Å². The molecule has 0 unspecified atom stereocenters. The molecule has 1 amide bonds. The maximum absolute atomic E-state index is 12.2. The van der Waals surface area contributed by atoms with Crippen LogP contribution >= 0.6 is 0 Å². The predicted octanol–water partition coefficient (Wildman–Crippen LogP) is 1.81. The Bertz CT molecular complexity index is 480. The lowest BCUT2D eigenvalue weighted by Crippen LogP contribution is -2.36. The molecule has 20 heavy (non-hydrogen) atoms. The summed E-state index contributed by atoms with van der Waals surface area (Å²) in [6, 6.07) is 7.78. The minimum absolute atomic E-state index is 0.00505. The van der Waals surface area contributed by atoms with E-state index in [1.807, 2.05) is 29.2 Å². The van der Waals surface area contributed by atoms with Gasteiger partial charge in [0.05, 0.1) is 13.1 Å². The summed E-state index contributed by atoms with van der Waals surface area (Å²) in [6.45, 7) is 6.38. The number of benzene rings is 1. The molecule has 1 aliphatic rings. The van der Waals surface area contributed by atoms with Crippen LogP contribution in [0.5, 0.6) is 0 Å². The molecule has 4 nitrogen and oxygen atoms in total. The molecule has 2 rings (SSSR count). The van der Waals surface area contributed by atoms with Crippen molar-refractivity contribution in [3.05, 3.63) is 35.4 Å². The number of amides is 1. The molecule has 1 saturated heterocycles. The second-order valence-corrected chi connectivity index (χ2v) is 5.61. The van der Waals surface area contributed by atoms with Gasteiger partial charge in [-0.1, -0.05) is 38.1 Å². The highest BCUT2D eigenvalue weighted by atomic mass is 16.2. The van der Waals surface area contributed by atoms with Crippen LogP contribution in [-0.4, -0.2) is 42.8 Å². The third-order valence-electron chi connectivity index (χ3n) is 3.61. The summed E-state index contributed by atoms with van der Waals surface area (Å²) in [6.07, 6.45) is 0.894. The second kappa shape index (κ2) is 6.66. The molecule has 1 N–H and O–H groups in total. The smallest absolute Gasteiger partial charge is 0.234 e. The average Bonchev–Trinajstić information content (AvgIpc) is 2.63. The molecule has 1 fully saturated rings. The fourth-order valence-electron chi connectivity index (χ4n) is 2.35. The minimum atomic E-state index is 0.00505. The zero-order valence-corrected chi connectivity index (χ0v) is 12.2. The Balaban J connectivity index is 1.98. The maximum atomic E-state index is 12.2. The lowest BCUT2D eigenvalue weighted by atomic mass is 10.0. The minimum Gasteiger partial charge on any atom is -0.355 e. The van der Waals surface area contributed by atoms with Gasteiger partial charge in [-0.25, -0.2) is 0 Å². The zero-order valence-electron chi connectivity index (χ0n) is 12.2. The van der Waals surface area contributed by atoms with Gasteiger partial charge >= 0.3 is 0 Å². The van der Waals surface area contributed by atoms with Crippen molar-refractivity contribution in [3.8, 4) is 0 Å². The van der Waals surface area contributed by atoms with E-state index in [1.165, 1.54) is 5.56 Å². The Morgan fingerprint density at radius 2 is 2.00 bits per heavy atom. The SMILES string of the molecule is CC(C)c1ccc(C(=O)CN2CCCNC(=O)C2)cc1. The van der Waals surface area contributed by atoms with Crippen molar-refractivity contribution in [3.63, 3.8) is 0 Å². The van der Waals surface area contributed by atoms with Crippen LogP contribution in [0, 0.1) is 0 Å². The van der Waals surface area contributed by atoms with E-state index in [4.69, 9.17) is 0 Å². The van der Waals surface area contributed by atoms with Gasteiger partial charge in [0.25, 0.3) is 0 Å². The molecule has 0 aliphatic carbocycles. The first-order chi connectivity index (χ1) is 9.56. The number of carbonyl (C=O) groups excluding carboxylic acids is 2. The first-order valence-corrected chi connectivity index (χ1v) is 7.18. The van der Waals surface area contributed by atoms with Crippen LogP contribution in [0.1, 0.15) is 42.1 Å². The molecule has 0 aromatic heterocycles. The largest absolute Gasteiger partial charge is 0.355 e. The first kappa shape index (κ1) is 14.7. The molecular formula is C16H22N2O2. The second-order valence-electron chi connectivity index (χ2n) is 5.61. The van der Waals surface area contributed by atoms with E-state index >= 15 is 0 Å². The van der Waals surface area contributed by atoms with Gasteiger partial charge < -0.3 is 5.32 Å². The third kappa shape index (κ3) is 3.90. The van der Waals surface area contributed by atoms with Crippen LogP contribution in [0.15, 0.2) is 24.3 Å². The quantitative estimate of drug-likeness (QED) is 0.852. The van der Waals surface area contributed by atoms with Gasteiger partial charge in [-0.3, -0.25) is 14.5 Å². The Morgan fingerprint density at radius 1 is 1.30 bits per heavy atom. The number of nitrogens with one attached hydrogen (secondary N) is 1. The molecule has 108 valence electrons. The Kier molecular flexibility index (Phi) is 4.90. The molecule has 1 heterocycles. The maximum Gasteiger partial charge on any atom is 0.234 e. The molecule has 0 spiro atoms. The molecule has 0 atom stereocenters. The summed E-state index contributed by atoms with van der Waals surface area (Å²) < 4.78 is 0. The molecular weight excluding hydrogens is 252 g/mol. The van der Waals surface area contributed by atoms with Crippen LogP contribution in [0.3, 0.4) is 0 Å². The molecule has 0 radical (unpaired) electrons. The normalized spacial score (nSPS) is 16.9. The van der Waals surface area contributed by atoms with E-state index in [-0.39, 0.29) is 11.7 Å². The zero-order chi connectivity index (χ0) is 14.5. The van der Waals surface area contributed by atoms with Gasteiger partial charge in [0.15, 0.2) is 5.78 Å². The Hall–Kier alpha value is -1.68. The van der Waals surface area contributed by atoms with E-state index in [1.54, 1.807) is 0 Å². The number of Topliss-reactive ketones (excluding diaryl/α,β-unsaturated/α-hetero) is 1. The summed E-state index contributed by atoms with van der Waals surface area (Å²) in [5.41, 5.74) is 1.95. The monoisotopic (exact) mass is 274 g/mol. The van der Waals surface area contributed by atoms with Gasteiger partial charge in [0.1, 0.15) is 0 Å². The number of rotatable bonds is 4. The lowest BCUT2D eigenvalue weighted by molar-refractivity contribution is -0.121. The average molecular weight is 274 g/mol. The van der Waals surface area contributed by atoms with E-state index < -0.39 is 0 Å². The molecule has 4 heteroatoms. The van der Waals surface area contributed by atoms with E-state index in [0.29, 0.717) is 25.6 Å². The van der Waals surface area contributed by atoms with Crippen molar-refractivity contribution in [2.75, 3.05) is 26.2 Å². The van der Waals surface area contributed by atoms with E-state index in [9.17, 15) is 9.59 Å². The first-order valence-electron chi connectivity index (χ1n) is 7.18. The fraction of sp³-hybridized carbons (Fsp3) is 0.500. The highest BCUT2D eigenvalue weighted by Gasteiger charge is 2.18. The fourth-order valence-corrected chi connectivity index (χ4v) is 2.35. The number of ketones is 1. The van der Waals surface area contributed by atoms with Gasteiger partial charge in [0, 0.05) is 18.7 Å². The summed E-state index contributed by atoms with van der Waals surface area (Å²) in [7, 11) is 0. The van der Waals surface area contributed by atoms with Crippen molar-refractivity contribution < 1.29 is 9.59 Å². The van der Waals surface area contributed by atoms with Crippen LogP contribution in [0.2, 0.25) is 0 Å². The number of nitrogens with zero attached hydrogens (tertiary/aromatic N) is 1. The number of hydrogen-bond donors (Lipinski definition) is 1. The highest BCUT2D eigenvalue weighted by Crippen LogP contribution is 2.15. The topological polar surface area (TPSA) is 49.4 Å². The van der Waals surface area contributed by atoms with Gasteiger partial charge in [-0.05, 0) is 17.9 Å². The predicted molar refractivity (Wildman–Crippen MR) is 78.9 cm³/mol. The summed E-state index contributed by atoms with van der Waals surface area (Å²) in [5.74, 6) is 0.550. The summed E-state index contributed by atoms with van der Waals surface area (Å²) in [4.78, 5) is 25.6. The van der Waals surface area contributed by atoms with Crippen molar-refractivity contribution in [1.29, 1.82) is 0 Å². The summed E-state index contributed by atoms with van der Waals surface area (Å²) in [5, 5.41) is 2.82. The lowest BCUT2D eigenvalue weighted by Gasteiger charge is -2.17. The molecule has 1 aromatic carbocycles. The van der Waals surface area contributed by atoms with Crippen LogP contribution < -0.4 is 5.32 Å². The Morgan fingerprint density at radius 3 is 2.65 bits per heavy atom. The highest BCUT2D eigenvalue weighted by molar-refractivity contribution is 5.97. The van der Waals surface area contributed by atoms with Crippen LogP contribution in [-0.2, 0) is 4.79 Å². The van der Waals surface area contributed by atoms with Gasteiger partial charge in [0.2, 0.25) is 5.91 Å². The standard InChI is InChI=1S/C16H22N2O2/c1-12(2)13-4-6-14(7-5-13)15(19)10-18-9-3-8-17-16(20)11-18/h4-7,12H,3,8-11H2,1-2H3,(H,17,20). The molecule has 1 aromatic rings. The van der Waals surface area contributed by atoms with Crippen LogP contribution in [0.4, 0.5) is 0 Å². The van der Waals surface area contributed by atoms with E-state index in [2.05, 4.69) is 19.2 Å². The summed E-state index contributed by atoms with van der Waals surface area (Å²) >= 11 is 0. The third-order valence-corrected chi connectivity index (χ3v) is 3.61. The number of hydrogen-bond acceptors (Lipinski definition) is 3. The van der Waals surface area contributed by atoms with E-state index in [0.717, 1.165) is 18.5 Å². The number of carbonyl (C=O) groups is 2. The molecule has 0 bridgehead atoms. The van der Waals surface area contributed by atoms with Crippen LogP contribution in [0.25, 0.3) is 0 Å². The van der Waals surface area contributed by atoms with Crippen molar-refractivity contribution in [2.24, 2.45) is 0 Å². The van der Waals surface area contributed by atoms with Gasteiger partial charge in [-0.15, -0.1) is 0 Å². The van der Waals surface area contributed by atoms with Crippen molar-refractivity contribution >= 4 is 11.7 Å². The van der Waals surface area contributed by atoms with Crippen molar-refractivity contribution in [2.45, 2.75) is 26.2 Å².